The van der Waals surface area contributed by atoms with Crippen LogP contribution < -0.4 is 5.32 Å². The van der Waals surface area contributed by atoms with Gasteiger partial charge in [0.2, 0.25) is 0 Å². The summed E-state index contributed by atoms with van der Waals surface area (Å²) in [7, 11) is -0.686. The molecule has 2 fully saturated rings. The summed E-state index contributed by atoms with van der Waals surface area (Å²) in [5, 5.41) is 3.90. The van der Waals surface area contributed by atoms with Crippen LogP contribution in [0, 0.1) is 0 Å². The number of hydrogen-bond donors (Lipinski definition) is 1. The van der Waals surface area contributed by atoms with Crippen LogP contribution in [0.2, 0.25) is 0 Å². The van der Waals surface area contributed by atoms with Gasteiger partial charge in [0.05, 0.1) is 11.9 Å². The average Bonchev–Trinajstić information content (AvgIpc) is 2.83. The highest BCUT2D eigenvalue weighted by molar-refractivity contribution is 7.85. The first-order valence-corrected chi connectivity index (χ1v) is 8.40. The zero-order valence-electron chi connectivity index (χ0n) is 10.8. The molecule has 2 aliphatic rings. The third kappa shape index (κ3) is 4.04. The van der Waals surface area contributed by atoms with E-state index in [1.807, 2.05) is 0 Å². The Kier molecular flexibility index (Phi) is 5.45. The van der Waals surface area contributed by atoms with Gasteiger partial charge in [-0.05, 0) is 38.6 Å². The fraction of sp³-hybridized carbons (Fsp3) is 1.00. The molecule has 1 saturated carbocycles. The molecular weight excluding hydrogens is 234 g/mol. The van der Waals surface area contributed by atoms with Crippen LogP contribution in [-0.2, 0) is 15.5 Å². The summed E-state index contributed by atoms with van der Waals surface area (Å²) in [6.45, 7) is 4.04. The van der Waals surface area contributed by atoms with Crippen LogP contribution in [0.1, 0.15) is 45.4 Å². The van der Waals surface area contributed by atoms with Gasteiger partial charge in [-0.15, -0.1) is 0 Å². The SMILES string of the molecule is CCNC1CCCC(S(=O)CC2CCCO2)C1. The summed E-state index contributed by atoms with van der Waals surface area (Å²) in [4.78, 5) is 0. The van der Waals surface area contributed by atoms with E-state index in [1.54, 1.807) is 0 Å². The van der Waals surface area contributed by atoms with Crippen LogP contribution in [0.25, 0.3) is 0 Å². The number of rotatable bonds is 5. The van der Waals surface area contributed by atoms with Crippen molar-refractivity contribution in [1.82, 2.24) is 5.32 Å². The number of hydrogen-bond acceptors (Lipinski definition) is 3. The maximum Gasteiger partial charge on any atom is 0.0691 e. The second-order valence-electron chi connectivity index (χ2n) is 5.23. The molecule has 0 aromatic rings. The van der Waals surface area contributed by atoms with E-state index in [4.69, 9.17) is 4.74 Å². The molecule has 1 aliphatic carbocycles. The molecular formula is C13H25NO2S. The molecule has 0 aromatic carbocycles. The van der Waals surface area contributed by atoms with Gasteiger partial charge in [0.25, 0.3) is 0 Å². The predicted octanol–water partition coefficient (Wildman–Crippen LogP) is 1.83. The summed E-state index contributed by atoms with van der Waals surface area (Å²) in [5.41, 5.74) is 0. The van der Waals surface area contributed by atoms with Crippen molar-refractivity contribution in [2.24, 2.45) is 0 Å². The van der Waals surface area contributed by atoms with Crippen molar-refractivity contribution in [1.29, 1.82) is 0 Å². The van der Waals surface area contributed by atoms with Crippen molar-refractivity contribution < 1.29 is 8.95 Å². The molecule has 4 unspecified atom stereocenters. The lowest BCUT2D eigenvalue weighted by molar-refractivity contribution is 0.128. The van der Waals surface area contributed by atoms with E-state index in [0.717, 1.165) is 44.6 Å². The van der Waals surface area contributed by atoms with Crippen molar-refractivity contribution in [3.05, 3.63) is 0 Å². The van der Waals surface area contributed by atoms with Crippen LogP contribution in [0.5, 0.6) is 0 Å². The van der Waals surface area contributed by atoms with E-state index in [1.165, 1.54) is 12.8 Å². The van der Waals surface area contributed by atoms with E-state index in [-0.39, 0.29) is 6.10 Å². The zero-order valence-corrected chi connectivity index (χ0v) is 11.6. The summed E-state index contributed by atoms with van der Waals surface area (Å²) in [6, 6.07) is 0.590. The van der Waals surface area contributed by atoms with Gasteiger partial charge in [0, 0.05) is 28.7 Å². The van der Waals surface area contributed by atoms with Gasteiger partial charge in [0.1, 0.15) is 0 Å². The van der Waals surface area contributed by atoms with Crippen molar-refractivity contribution in [2.45, 2.75) is 62.8 Å². The van der Waals surface area contributed by atoms with E-state index in [2.05, 4.69) is 12.2 Å². The number of ether oxygens (including phenoxy) is 1. The fourth-order valence-electron chi connectivity index (χ4n) is 2.95. The molecule has 3 nitrogen and oxygen atoms in total. The molecule has 17 heavy (non-hydrogen) atoms. The lowest BCUT2D eigenvalue weighted by atomic mass is 9.95. The Hall–Kier alpha value is 0.0700. The lowest BCUT2D eigenvalue weighted by Crippen LogP contribution is -2.38. The third-order valence-electron chi connectivity index (χ3n) is 3.86. The quantitative estimate of drug-likeness (QED) is 0.818. The Morgan fingerprint density at radius 1 is 1.29 bits per heavy atom. The van der Waals surface area contributed by atoms with Gasteiger partial charge in [-0.2, -0.15) is 0 Å². The minimum Gasteiger partial charge on any atom is -0.377 e. The second-order valence-corrected chi connectivity index (χ2v) is 6.99. The van der Waals surface area contributed by atoms with E-state index < -0.39 is 10.8 Å². The Bertz CT molecular complexity index is 252. The van der Waals surface area contributed by atoms with Crippen LogP contribution in [0.3, 0.4) is 0 Å². The Balaban J connectivity index is 1.77. The fourth-order valence-corrected chi connectivity index (χ4v) is 4.73. The first-order valence-electron chi connectivity index (χ1n) is 7.01. The Morgan fingerprint density at radius 3 is 2.88 bits per heavy atom. The summed E-state index contributed by atoms with van der Waals surface area (Å²) in [5.74, 6) is 0.767. The van der Waals surface area contributed by atoms with Gasteiger partial charge in [-0.1, -0.05) is 13.3 Å². The van der Waals surface area contributed by atoms with Crippen molar-refractivity contribution in [3.8, 4) is 0 Å². The topological polar surface area (TPSA) is 38.3 Å². The lowest BCUT2D eigenvalue weighted by Gasteiger charge is -2.29. The van der Waals surface area contributed by atoms with Gasteiger partial charge in [0.15, 0.2) is 0 Å². The zero-order chi connectivity index (χ0) is 12.1. The standard InChI is InChI=1S/C13H25NO2S/c1-2-14-11-5-3-7-13(9-11)17(15)10-12-6-4-8-16-12/h11-14H,2-10H2,1H3. The molecule has 4 heteroatoms. The predicted molar refractivity (Wildman–Crippen MR) is 71.7 cm³/mol. The highest BCUT2D eigenvalue weighted by Crippen LogP contribution is 2.24. The highest BCUT2D eigenvalue weighted by Gasteiger charge is 2.28. The van der Waals surface area contributed by atoms with Crippen LogP contribution in [0.4, 0.5) is 0 Å². The molecule has 1 saturated heterocycles. The monoisotopic (exact) mass is 259 g/mol. The molecule has 0 spiro atoms. The summed E-state index contributed by atoms with van der Waals surface area (Å²) >= 11 is 0. The van der Waals surface area contributed by atoms with Gasteiger partial charge < -0.3 is 10.1 Å². The average molecular weight is 259 g/mol. The molecule has 100 valence electrons. The molecule has 2 rings (SSSR count). The van der Waals surface area contributed by atoms with Gasteiger partial charge in [-0.25, -0.2) is 0 Å². The Labute approximate surface area is 107 Å². The second kappa shape index (κ2) is 6.86. The molecule has 1 N–H and O–H groups in total. The first kappa shape index (κ1) is 13.5. The summed E-state index contributed by atoms with van der Waals surface area (Å²) < 4.78 is 17.9. The van der Waals surface area contributed by atoms with Crippen LogP contribution in [0.15, 0.2) is 0 Å². The molecule has 1 heterocycles. The number of nitrogens with one attached hydrogen (secondary N) is 1. The van der Waals surface area contributed by atoms with Crippen molar-refractivity contribution >= 4 is 10.8 Å². The smallest absolute Gasteiger partial charge is 0.0691 e. The van der Waals surface area contributed by atoms with Crippen LogP contribution >= 0.6 is 0 Å². The van der Waals surface area contributed by atoms with Crippen LogP contribution in [-0.4, -0.2) is 40.5 Å². The van der Waals surface area contributed by atoms with E-state index in [0.29, 0.717) is 11.3 Å². The van der Waals surface area contributed by atoms with Gasteiger partial charge >= 0.3 is 0 Å². The molecule has 0 amide bonds. The maximum absolute atomic E-state index is 12.3. The third-order valence-corrected chi connectivity index (χ3v) is 5.74. The minimum absolute atomic E-state index is 0.273. The normalized spacial score (nSPS) is 35.9. The van der Waals surface area contributed by atoms with Crippen molar-refractivity contribution in [3.63, 3.8) is 0 Å². The first-order chi connectivity index (χ1) is 8.29. The molecule has 0 radical (unpaired) electrons. The molecule has 4 atom stereocenters. The maximum atomic E-state index is 12.3. The highest BCUT2D eigenvalue weighted by atomic mass is 32.2. The van der Waals surface area contributed by atoms with Crippen molar-refractivity contribution in [2.75, 3.05) is 18.9 Å². The summed E-state index contributed by atoms with van der Waals surface area (Å²) in [6.07, 6.45) is 7.23. The van der Waals surface area contributed by atoms with Gasteiger partial charge in [-0.3, -0.25) is 4.21 Å². The van der Waals surface area contributed by atoms with E-state index in [9.17, 15) is 4.21 Å². The minimum atomic E-state index is -0.686. The molecule has 0 bridgehead atoms. The largest absolute Gasteiger partial charge is 0.377 e. The van der Waals surface area contributed by atoms with E-state index >= 15 is 0 Å². The Morgan fingerprint density at radius 2 is 2.18 bits per heavy atom. The molecule has 1 aliphatic heterocycles. The molecule has 0 aromatic heterocycles.